The number of rotatable bonds is 6. The predicted molar refractivity (Wildman–Crippen MR) is 73.5 cm³/mol. The van der Waals surface area contributed by atoms with Crippen molar-refractivity contribution in [2.75, 3.05) is 20.8 Å². The first-order valence-corrected chi connectivity index (χ1v) is 6.55. The highest BCUT2D eigenvalue weighted by atomic mass is 35.5. The van der Waals surface area contributed by atoms with Crippen LogP contribution in [0.3, 0.4) is 0 Å². The van der Waals surface area contributed by atoms with Crippen LogP contribution in [0.25, 0.3) is 0 Å². The number of halogens is 2. The first-order chi connectivity index (χ1) is 8.99. The number of carbonyl (C=O) groups excluding carboxylic acids is 1. The van der Waals surface area contributed by atoms with Crippen molar-refractivity contribution >= 4 is 17.5 Å². The summed E-state index contributed by atoms with van der Waals surface area (Å²) in [5.74, 6) is -0.535. The fourth-order valence-corrected chi connectivity index (χ4v) is 2.09. The number of hydrogen-bond acceptors (Lipinski definition) is 2. The number of amides is 1. The Bertz CT molecular complexity index is 439. The molecule has 0 fully saturated rings. The maximum Gasteiger partial charge on any atom is 0.228 e. The minimum absolute atomic E-state index is 0.00439. The van der Waals surface area contributed by atoms with E-state index in [1.54, 1.807) is 25.1 Å². The summed E-state index contributed by atoms with van der Waals surface area (Å²) in [5, 5.41) is 0.333. The first-order valence-electron chi connectivity index (χ1n) is 6.17. The molecule has 1 rings (SSSR count). The summed E-state index contributed by atoms with van der Waals surface area (Å²) < 4.78 is 18.0. The lowest BCUT2D eigenvalue weighted by atomic mass is 10.1. The topological polar surface area (TPSA) is 29.5 Å². The summed E-state index contributed by atoms with van der Waals surface area (Å²) in [4.78, 5) is 13.8. The van der Waals surface area contributed by atoms with Gasteiger partial charge in [0.05, 0.1) is 12.5 Å². The predicted octanol–water partition coefficient (Wildman–Crippen LogP) is 3.11. The highest BCUT2D eigenvalue weighted by Gasteiger charge is 2.20. The van der Waals surface area contributed by atoms with E-state index in [9.17, 15) is 9.18 Å². The molecule has 0 saturated heterocycles. The Morgan fingerprint density at radius 1 is 1.53 bits per heavy atom. The van der Waals surface area contributed by atoms with E-state index < -0.39 is 0 Å². The Kier molecular flexibility index (Phi) is 6.25. The van der Waals surface area contributed by atoms with Crippen LogP contribution in [0.2, 0.25) is 5.02 Å². The van der Waals surface area contributed by atoms with Gasteiger partial charge in [-0.15, -0.1) is 0 Å². The van der Waals surface area contributed by atoms with Crippen LogP contribution >= 0.6 is 11.6 Å². The van der Waals surface area contributed by atoms with Crippen molar-refractivity contribution in [2.45, 2.75) is 19.9 Å². The van der Waals surface area contributed by atoms with Gasteiger partial charge in [0.2, 0.25) is 5.91 Å². The second kappa shape index (κ2) is 7.46. The Hall–Kier alpha value is -1.13. The van der Waals surface area contributed by atoms with Crippen molar-refractivity contribution in [3.63, 3.8) is 0 Å². The van der Waals surface area contributed by atoms with Crippen LogP contribution in [-0.2, 0) is 16.1 Å². The Labute approximate surface area is 118 Å². The van der Waals surface area contributed by atoms with Gasteiger partial charge in [-0.05, 0) is 24.1 Å². The van der Waals surface area contributed by atoms with E-state index in [0.717, 1.165) is 5.56 Å². The first kappa shape index (κ1) is 15.9. The maximum atomic E-state index is 12.9. The second-order valence-corrected chi connectivity index (χ2v) is 4.90. The SMILES string of the molecule is CCC(COC)C(=O)N(C)Cc1ccc(F)cc1Cl. The van der Waals surface area contributed by atoms with E-state index in [0.29, 0.717) is 24.6 Å². The molecule has 0 aliphatic carbocycles. The van der Waals surface area contributed by atoms with Gasteiger partial charge in [0.25, 0.3) is 0 Å². The van der Waals surface area contributed by atoms with Gasteiger partial charge < -0.3 is 9.64 Å². The molecule has 0 saturated carbocycles. The van der Waals surface area contributed by atoms with Gasteiger partial charge in [-0.2, -0.15) is 0 Å². The van der Waals surface area contributed by atoms with E-state index in [-0.39, 0.29) is 17.6 Å². The molecule has 1 aromatic rings. The van der Waals surface area contributed by atoms with Gasteiger partial charge in [0.15, 0.2) is 0 Å². The van der Waals surface area contributed by atoms with Crippen LogP contribution in [0, 0.1) is 11.7 Å². The summed E-state index contributed by atoms with van der Waals surface area (Å²) >= 11 is 5.95. The fourth-order valence-electron chi connectivity index (χ4n) is 1.86. The molecule has 1 amide bonds. The average molecular weight is 288 g/mol. The van der Waals surface area contributed by atoms with Crippen molar-refractivity contribution < 1.29 is 13.9 Å². The zero-order valence-electron chi connectivity index (χ0n) is 11.5. The van der Waals surface area contributed by atoms with Gasteiger partial charge in [-0.1, -0.05) is 24.6 Å². The lowest BCUT2D eigenvalue weighted by Gasteiger charge is -2.23. The molecule has 3 nitrogen and oxygen atoms in total. The lowest BCUT2D eigenvalue weighted by Crippen LogP contribution is -2.34. The maximum absolute atomic E-state index is 12.9. The van der Waals surface area contributed by atoms with Crippen molar-refractivity contribution in [1.29, 1.82) is 0 Å². The van der Waals surface area contributed by atoms with Gasteiger partial charge >= 0.3 is 0 Å². The minimum Gasteiger partial charge on any atom is -0.384 e. The van der Waals surface area contributed by atoms with Gasteiger partial charge in [-0.3, -0.25) is 4.79 Å². The van der Waals surface area contributed by atoms with Crippen LogP contribution < -0.4 is 0 Å². The normalized spacial score (nSPS) is 12.3. The quantitative estimate of drug-likeness (QED) is 0.804. The molecular weight excluding hydrogens is 269 g/mol. The molecule has 0 heterocycles. The number of hydrogen-bond donors (Lipinski definition) is 0. The molecule has 1 aromatic carbocycles. The highest BCUT2D eigenvalue weighted by Crippen LogP contribution is 2.19. The van der Waals surface area contributed by atoms with Gasteiger partial charge in [0.1, 0.15) is 5.82 Å². The molecule has 1 atom stereocenters. The zero-order valence-corrected chi connectivity index (χ0v) is 12.2. The molecule has 5 heteroatoms. The van der Waals surface area contributed by atoms with Crippen molar-refractivity contribution in [3.8, 4) is 0 Å². The molecule has 0 aromatic heterocycles. The number of ether oxygens (including phenoxy) is 1. The molecule has 106 valence electrons. The third-order valence-corrected chi connectivity index (χ3v) is 3.36. The van der Waals surface area contributed by atoms with Crippen molar-refractivity contribution in [1.82, 2.24) is 4.90 Å². The summed E-state index contributed by atoms with van der Waals surface area (Å²) in [7, 11) is 3.28. The molecule has 0 N–H and O–H groups in total. The summed E-state index contributed by atoms with van der Waals surface area (Å²) in [6.45, 7) is 2.70. The third kappa shape index (κ3) is 4.48. The van der Waals surface area contributed by atoms with E-state index in [2.05, 4.69) is 0 Å². The minimum atomic E-state index is -0.381. The van der Waals surface area contributed by atoms with Crippen LogP contribution in [0.1, 0.15) is 18.9 Å². The Morgan fingerprint density at radius 2 is 2.21 bits per heavy atom. The van der Waals surface area contributed by atoms with E-state index in [1.165, 1.54) is 12.1 Å². The molecule has 1 unspecified atom stereocenters. The van der Waals surface area contributed by atoms with Crippen LogP contribution in [0.4, 0.5) is 4.39 Å². The average Bonchev–Trinajstić information content (AvgIpc) is 2.38. The van der Waals surface area contributed by atoms with Crippen LogP contribution in [0.5, 0.6) is 0 Å². The van der Waals surface area contributed by atoms with E-state index in [1.807, 2.05) is 6.92 Å². The Balaban J connectivity index is 2.72. The van der Waals surface area contributed by atoms with Crippen LogP contribution in [0.15, 0.2) is 18.2 Å². The van der Waals surface area contributed by atoms with Crippen LogP contribution in [-0.4, -0.2) is 31.6 Å². The van der Waals surface area contributed by atoms with Gasteiger partial charge in [0, 0.05) is 25.7 Å². The molecule has 0 spiro atoms. The Morgan fingerprint density at radius 3 is 2.74 bits per heavy atom. The summed E-state index contributed by atoms with van der Waals surface area (Å²) in [6.07, 6.45) is 0.716. The fraction of sp³-hybridized carbons (Fsp3) is 0.500. The zero-order chi connectivity index (χ0) is 14.4. The number of nitrogens with zero attached hydrogens (tertiary/aromatic N) is 1. The van der Waals surface area contributed by atoms with E-state index in [4.69, 9.17) is 16.3 Å². The van der Waals surface area contributed by atoms with Crippen molar-refractivity contribution in [2.24, 2.45) is 5.92 Å². The third-order valence-electron chi connectivity index (χ3n) is 3.01. The van der Waals surface area contributed by atoms with Crippen molar-refractivity contribution in [3.05, 3.63) is 34.6 Å². The molecular formula is C14H19ClFNO2. The number of carbonyl (C=O) groups is 1. The molecule has 0 bridgehead atoms. The highest BCUT2D eigenvalue weighted by molar-refractivity contribution is 6.31. The van der Waals surface area contributed by atoms with Gasteiger partial charge in [-0.25, -0.2) is 4.39 Å². The second-order valence-electron chi connectivity index (χ2n) is 4.49. The standard InChI is InChI=1S/C14H19ClFNO2/c1-4-10(9-19-3)14(18)17(2)8-11-5-6-12(16)7-13(11)15/h5-7,10H,4,8-9H2,1-3H3. The molecule has 0 radical (unpaired) electrons. The molecule has 0 aliphatic rings. The summed E-state index contributed by atoms with van der Waals surface area (Å²) in [6, 6.07) is 4.19. The van der Waals surface area contributed by atoms with E-state index >= 15 is 0 Å². The smallest absolute Gasteiger partial charge is 0.228 e. The molecule has 19 heavy (non-hydrogen) atoms. The largest absolute Gasteiger partial charge is 0.384 e. The monoisotopic (exact) mass is 287 g/mol. The summed E-state index contributed by atoms with van der Waals surface area (Å²) in [5.41, 5.74) is 0.728. The number of methoxy groups -OCH3 is 1. The molecule has 0 aliphatic heterocycles. The lowest BCUT2D eigenvalue weighted by molar-refractivity contribution is -0.136. The number of benzene rings is 1.